The first-order valence-corrected chi connectivity index (χ1v) is 39.4. The first kappa shape index (κ1) is 85.3. The number of hydrogen-bond donors (Lipinski definition) is 8. The molecule has 2 aliphatic rings. The molecule has 10 rings (SSSR count). The van der Waals surface area contributed by atoms with E-state index < -0.39 is 99.3 Å². The molecule has 1 fully saturated rings. The second-order valence-corrected chi connectivity index (χ2v) is 31.0. The Kier molecular flexibility index (Phi) is 29.3. The van der Waals surface area contributed by atoms with Gasteiger partial charge in [-0.1, -0.05) is 80.0 Å². The molecule has 5 heterocycles. The number of carboxylic acids is 1. The van der Waals surface area contributed by atoms with Crippen LogP contribution < -0.4 is 51.7 Å². The number of para-hydroxylation sites is 2. The van der Waals surface area contributed by atoms with E-state index in [0.29, 0.717) is 132 Å². The first-order valence-electron chi connectivity index (χ1n) is 36.6. The van der Waals surface area contributed by atoms with Gasteiger partial charge in [-0.3, -0.25) is 43.1 Å². The SMILES string of the molecule is COc1ccccc1-c1nccc(COc2ccccc2C[C@@H](Oc2ncnc3sc(-c4ccc(F)cc4)c(-c4ccc(OCCN5CC[N+](C)(Cc6ccc(NC(=O)C(CCCNC(N)=O)NC(=O)C(NC(=O)CCOCCN7C(=O)C=CC7=O)C(C)C)cc6CN(C)C(=O)C(N)CS(=O)(=O)O)CC5)c(Cl)c4C)c23)C(=O)O)n1. The molecule has 0 aliphatic carbocycles. The molecule has 31 nitrogen and oxygen atoms in total. The van der Waals surface area contributed by atoms with Gasteiger partial charge >= 0.3 is 12.0 Å². The van der Waals surface area contributed by atoms with Crippen LogP contribution in [0.15, 0.2) is 134 Å². The lowest BCUT2D eigenvalue weighted by atomic mass is 9.96. The van der Waals surface area contributed by atoms with Gasteiger partial charge in [-0.2, -0.15) is 8.42 Å². The number of piperazine rings is 1. The average Bonchev–Trinajstić information content (AvgIpc) is 1.61. The highest BCUT2D eigenvalue weighted by Gasteiger charge is 2.35. The molecule has 0 radical (unpaired) electrons. The number of halogens is 2. The van der Waals surface area contributed by atoms with Crippen LogP contribution in [0.25, 0.3) is 43.2 Å². The third-order valence-corrected chi connectivity index (χ3v) is 21.7. The van der Waals surface area contributed by atoms with Crippen LogP contribution in [0, 0.1) is 18.7 Å². The fraction of sp³-hybridized carbons (Fsp3) is 0.367. The van der Waals surface area contributed by atoms with E-state index in [4.69, 9.17) is 51.7 Å². The van der Waals surface area contributed by atoms with Crippen molar-refractivity contribution in [1.29, 1.82) is 0 Å². The topological polar surface area (TPSA) is 419 Å². The minimum absolute atomic E-state index is 0.000376. The van der Waals surface area contributed by atoms with E-state index in [-0.39, 0.29) is 83.3 Å². The van der Waals surface area contributed by atoms with Crippen molar-refractivity contribution < 1.29 is 89.0 Å². The summed E-state index contributed by atoms with van der Waals surface area (Å²) >= 11 is 8.57. The maximum atomic E-state index is 14.6. The first-order chi connectivity index (χ1) is 54.4. The number of rotatable bonds is 39. The number of aromatic nitrogens is 4. The van der Waals surface area contributed by atoms with E-state index in [9.17, 15) is 60.8 Å². The number of nitrogens with two attached hydrogens (primary N) is 2. The number of anilines is 1. The zero-order valence-electron chi connectivity index (χ0n) is 63.6. The zero-order chi connectivity index (χ0) is 82.0. The molecule has 35 heteroatoms. The third-order valence-electron chi connectivity index (χ3n) is 19.3. The van der Waals surface area contributed by atoms with Crippen LogP contribution in [0.3, 0.4) is 0 Å². The number of hydrogen-bond acceptors (Lipinski definition) is 22. The molecule has 8 aromatic rings. The van der Waals surface area contributed by atoms with Crippen molar-refractivity contribution in [3.8, 4) is 56.1 Å². The smallest absolute Gasteiger partial charge is 0.345 e. The fourth-order valence-electron chi connectivity index (χ4n) is 13.1. The van der Waals surface area contributed by atoms with E-state index in [1.54, 1.807) is 93.9 Å². The predicted molar refractivity (Wildman–Crippen MR) is 423 cm³/mol. The number of likely N-dealkylation sites (N-methyl/N-ethyl adjacent to an activating group) is 2. The Bertz CT molecular complexity index is 4970. The number of carboxylic acid groups (broad SMARTS) is 1. The van der Waals surface area contributed by atoms with Gasteiger partial charge in [0.1, 0.15) is 72.1 Å². The Labute approximate surface area is 666 Å². The number of benzene rings is 5. The number of carbonyl (C=O) groups excluding carboxylic acids is 7. The molecular formula is C79H91ClFN14O17S2+. The lowest BCUT2D eigenvalue weighted by Gasteiger charge is -2.42. The molecule has 114 heavy (non-hydrogen) atoms. The van der Waals surface area contributed by atoms with Gasteiger partial charge in [-0.05, 0) is 108 Å². The summed E-state index contributed by atoms with van der Waals surface area (Å²) in [6.07, 6.45) is 3.60. The van der Waals surface area contributed by atoms with Gasteiger partial charge in [-0.25, -0.2) is 33.9 Å². The molecule has 2 aliphatic heterocycles. The third kappa shape index (κ3) is 22.9. The lowest BCUT2D eigenvalue weighted by molar-refractivity contribution is -0.926. The van der Waals surface area contributed by atoms with Crippen LogP contribution in [0.2, 0.25) is 5.02 Å². The second kappa shape index (κ2) is 39.1. The number of quaternary nitrogens is 1. The van der Waals surface area contributed by atoms with Crippen molar-refractivity contribution in [2.75, 3.05) is 97.9 Å². The lowest BCUT2D eigenvalue weighted by Crippen LogP contribution is -2.57. The Hall–Kier alpha value is -11.1. The Balaban J connectivity index is 0.807. The summed E-state index contributed by atoms with van der Waals surface area (Å²) in [7, 11) is 0.433. The highest BCUT2D eigenvalue weighted by molar-refractivity contribution is 7.85. The summed E-state index contributed by atoms with van der Waals surface area (Å²) in [4.78, 5) is 128. The van der Waals surface area contributed by atoms with Gasteiger partial charge in [0.2, 0.25) is 35.6 Å². The molecule has 604 valence electrons. The van der Waals surface area contributed by atoms with Gasteiger partial charge in [0.15, 0.2) is 5.82 Å². The normalized spacial score (nSPS) is 14.6. The van der Waals surface area contributed by atoms with Crippen molar-refractivity contribution in [2.45, 2.75) is 90.4 Å². The van der Waals surface area contributed by atoms with E-state index in [0.717, 1.165) is 22.6 Å². The number of primary amides is 1. The van der Waals surface area contributed by atoms with Gasteiger partial charge in [0, 0.05) is 92.7 Å². The molecule has 3 unspecified atom stereocenters. The molecule has 0 spiro atoms. The number of ether oxygens (including phenoxy) is 5. The van der Waals surface area contributed by atoms with Gasteiger partial charge in [-0.15, -0.1) is 11.3 Å². The van der Waals surface area contributed by atoms with E-state index >= 15 is 0 Å². The van der Waals surface area contributed by atoms with Gasteiger partial charge < -0.3 is 70.9 Å². The molecule has 10 N–H and O–H groups in total. The van der Waals surface area contributed by atoms with E-state index in [1.807, 2.05) is 37.3 Å². The molecule has 0 bridgehead atoms. The van der Waals surface area contributed by atoms with Crippen LogP contribution in [0.4, 0.5) is 14.9 Å². The monoisotopic (exact) mass is 1630 g/mol. The highest BCUT2D eigenvalue weighted by Crippen LogP contribution is 2.50. The number of thiophene rings is 1. The van der Waals surface area contributed by atoms with Gasteiger partial charge in [0.25, 0.3) is 21.9 Å². The molecule has 3 aromatic heterocycles. The number of carbonyl (C=O) groups is 8. The summed E-state index contributed by atoms with van der Waals surface area (Å²) in [5, 5.41) is 22.3. The maximum Gasteiger partial charge on any atom is 0.345 e. The molecule has 4 atom stereocenters. The Morgan fingerprint density at radius 3 is 2.25 bits per heavy atom. The highest BCUT2D eigenvalue weighted by atomic mass is 35.5. The maximum absolute atomic E-state index is 14.6. The van der Waals surface area contributed by atoms with Gasteiger partial charge in [0.05, 0.1) is 74.4 Å². The summed E-state index contributed by atoms with van der Waals surface area (Å²) < 4.78 is 78.6. The summed E-state index contributed by atoms with van der Waals surface area (Å²) in [6, 6.07) is 26.1. The minimum atomic E-state index is -4.64. The number of methoxy groups -OCH3 is 1. The number of nitrogens with one attached hydrogen (secondary N) is 4. The molecule has 5 aromatic carbocycles. The standard InChI is InChI=1S/C79H90ClFN14O17S2/c1-47(2)70(91-64(96)28-37-109-38-34-94-65(97)25-26-66(94)98)74(100)90-59(14-11-29-85-79(83)104)73(99)89-54-22-19-51(52(40-54)42-92(4)77(101)58(82)45-114(105,106)107)43-95(5)35-31-93(32-36-95)33-39-110-62-24-23-56(48(3)69(62)80)67-68-75(86-46-87-76(68)113-71(67)49-17-20-53(81)21-18-49)112-63(78(102)103)41-50-12-7-9-15-60(50)111-44-55-27-30-84-72(88-55)57-13-8-10-16-61(57)108-6/h7-10,12-13,15-27,30,40,46-47,58-59,63,70H,11,14,28-29,31-39,41-45,82H2,1-6H3,(H7-,83,85,89,90,91,96,99,100,102,103,104,105,106,107)/p+1/t58?,59?,63-,70?/m1/s1. The van der Waals surface area contributed by atoms with Crippen molar-refractivity contribution in [1.82, 2.24) is 50.6 Å². The number of amides is 8. The van der Waals surface area contributed by atoms with Crippen LogP contribution in [0.5, 0.6) is 23.1 Å². The number of aliphatic carboxylic acids is 1. The number of nitrogens with zero attached hydrogens (tertiary/aromatic N) is 8. The van der Waals surface area contributed by atoms with Crippen molar-refractivity contribution >= 4 is 96.4 Å². The Morgan fingerprint density at radius 2 is 1.54 bits per heavy atom. The largest absolute Gasteiger partial charge is 0.496 e. The predicted octanol–water partition coefficient (Wildman–Crippen LogP) is 7.10. The molecular weight excluding hydrogens is 1540 g/mol. The molecule has 1 saturated heterocycles. The van der Waals surface area contributed by atoms with E-state index in [1.165, 1.54) is 41.7 Å². The van der Waals surface area contributed by atoms with Crippen molar-refractivity contribution in [3.05, 3.63) is 173 Å². The number of imide groups is 1. The van der Waals surface area contributed by atoms with E-state index in [2.05, 4.69) is 48.2 Å². The van der Waals surface area contributed by atoms with Crippen molar-refractivity contribution in [2.24, 2.45) is 17.4 Å². The summed E-state index contributed by atoms with van der Waals surface area (Å²) in [5.41, 5.74) is 17.1. The fourth-order valence-corrected chi connectivity index (χ4v) is 15.1. The summed E-state index contributed by atoms with van der Waals surface area (Å²) in [6.45, 7) is 8.79. The molecule has 0 saturated carbocycles. The minimum Gasteiger partial charge on any atom is -0.496 e. The van der Waals surface area contributed by atoms with Crippen molar-refractivity contribution in [3.63, 3.8) is 0 Å². The number of urea groups is 1. The van der Waals surface area contributed by atoms with Crippen LogP contribution >= 0.6 is 22.9 Å². The second-order valence-electron chi connectivity index (χ2n) is 28.1. The van der Waals surface area contributed by atoms with Crippen LogP contribution in [-0.2, 0) is 74.5 Å². The van der Waals surface area contributed by atoms with Crippen LogP contribution in [-0.4, -0.2) is 221 Å². The zero-order valence-corrected chi connectivity index (χ0v) is 66.0. The average molecular weight is 1630 g/mol. The summed E-state index contributed by atoms with van der Waals surface area (Å²) in [5.74, 6) is -5.03. The Morgan fingerprint density at radius 1 is 0.825 bits per heavy atom. The quantitative estimate of drug-likeness (QED) is 0.00823. The number of fused-ring (bicyclic) bond motifs is 1. The van der Waals surface area contributed by atoms with Crippen LogP contribution in [0.1, 0.15) is 61.1 Å². The molecule has 8 amide bonds.